The van der Waals surface area contributed by atoms with Crippen molar-refractivity contribution in [2.75, 3.05) is 26.2 Å². The minimum absolute atomic E-state index is 0.218. The van der Waals surface area contributed by atoms with Gasteiger partial charge in [-0.05, 0) is 38.8 Å². The number of aryl methyl sites for hydroxylation is 4. The Labute approximate surface area is 149 Å². The van der Waals surface area contributed by atoms with Crippen LogP contribution in [0.3, 0.4) is 0 Å². The Morgan fingerprint density at radius 2 is 1.76 bits per heavy atom. The normalized spacial score (nSPS) is 17.1. The molecule has 0 bridgehead atoms. The maximum Gasteiger partial charge on any atom is 0.248 e. The molecule has 1 aromatic heterocycles. The van der Waals surface area contributed by atoms with Crippen molar-refractivity contribution < 1.29 is 12.9 Å². The molecule has 2 aromatic rings. The summed E-state index contributed by atoms with van der Waals surface area (Å²) >= 11 is 0. The molecule has 0 unspecified atom stereocenters. The Bertz CT molecular complexity index is 846. The molecule has 3 rings (SSSR count). The van der Waals surface area contributed by atoms with E-state index in [2.05, 4.69) is 42.1 Å². The fourth-order valence-electron chi connectivity index (χ4n) is 3.31. The van der Waals surface area contributed by atoms with E-state index in [-0.39, 0.29) is 4.90 Å². The summed E-state index contributed by atoms with van der Waals surface area (Å²) in [7, 11) is -3.54. The summed E-state index contributed by atoms with van der Waals surface area (Å²) in [6.45, 7) is 10.8. The van der Waals surface area contributed by atoms with Gasteiger partial charge in [0.25, 0.3) is 0 Å². The minimum atomic E-state index is -3.54. The highest BCUT2D eigenvalue weighted by Crippen LogP contribution is 2.24. The van der Waals surface area contributed by atoms with E-state index in [1.807, 2.05) is 0 Å². The van der Waals surface area contributed by atoms with E-state index < -0.39 is 10.0 Å². The number of benzene rings is 1. The topological polar surface area (TPSA) is 66.7 Å². The van der Waals surface area contributed by atoms with Crippen molar-refractivity contribution in [3.05, 3.63) is 46.3 Å². The van der Waals surface area contributed by atoms with Crippen molar-refractivity contribution in [1.82, 2.24) is 14.4 Å². The van der Waals surface area contributed by atoms with Gasteiger partial charge in [-0.25, -0.2) is 8.42 Å². The molecule has 1 saturated heterocycles. The van der Waals surface area contributed by atoms with E-state index in [0.29, 0.717) is 24.5 Å². The number of hydrogen-bond acceptors (Lipinski definition) is 5. The van der Waals surface area contributed by atoms with Crippen LogP contribution in [-0.2, 0) is 16.6 Å². The van der Waals surface area contributed by atoms with Gasteiger partial charge in [-0.2, -0.15) is 4.31 Å². The van der Waals surface area contributed by atoms with Gasteiger partial charge in [0.15, 0.2) is 5.76 Å². The molecular formula is C18H25N3O3S. The third-order valence-electron chi connectivity index (χ3n) is 4.80. The van der Waals surface area contributed by atoms with Crippen LogP contribution in [0.15, 0.2) is 27.6 Å². The lowest BCUT2D eigenvalue weighted by molar-refractivity contribution is 0.181. The Hall–Kier alpha value is -1.70. The third kappa shape index (κ3) is 3.63. The first kappa shape index (κ1) is 18.1. The molecule has 0 amide bonds. The van der Waals surface area contributed by atoms with Gasteiger partial charge in [0.2, 0.25) is 10.0 Å². The van der Waals surface area contributed by atoms with E-state index >= 15 is 0 Å². The zero-order valence-corrected chi connectivity index (χ0v) is 16.1. The lowest BCUT2D eigenvalue weighted by Gasteiger charge is -2.34. The number of piperazine rings is 1. The highest BCUT2D eigenvalue weighted by Gasteiger charge is 2.33. The number of nitrogens with zero attached hydrogens (tertiary/aromatic N) is 3. The van der Waals surface area contributed by atoms with Crippen LogP contribution in [0, 0.1) is 27.7 Å². The average molecular weight is 363 g/mol. The van der Waals surface area contributed by atoms with Crippen molar-refractivity contribution >= 4 is 10.0 Å². The monoisotopic (exact) mass is 363 g/mol. The summed E-state index contributed by atoms with van der Waals surface area (Å²) in [6, 6.07) is 6.47. The maximum absolute atomic E-state index is 12.9. The molecule has 1 aromatic carbocycles. The summed E-state index contributed by atoms with van der Waals surface area (Å²) in [5.74, 6) is 0.357. The molecule has 0 N–H and O–H groups in total. The number of aromatic nitrogens is 1. The van der Waals surface area contributed by atoms with Crippen molar-refractivity contribution in [3.8, 4) is 0 Å². The van der Waals surface area contributed by atoms with Gasteiger partial charge < -0.3 is 4.52 Å². The van der Waals surface area contributed by atoms with Crippen molar-refractivity contribution in [2.24, 2.45) is 0 Å². The number of hydrogen-bond donors (Lipinski definition) is 0. The highest BCUT2D eigenvalue weighted by molar-refractivity contribution is 7.89. The molecule has 1 aliphatic rings. The minimum Gasteiger partial charge on any atom is -0.360 e. The first-order chi connectivity index (χ1) is 11.8. The largest absolute Gasteiger partial charge is 0.360 e. The molecule has 25 heavy (non-hydrogen) atoms. The third-order valence-corrected chi connectivity index (χ3v) is 6.94. The fraction of sp³-hybridized carbons (Fsp3) is 0.500. The van der Waals surface area contributed by atoms with E-state index in [1.54, 1.807) is 18.2 Å². The molecule has 0 spiro atoms. The van der Waals surface area contributed by atoms with Gasteiger partial charge in [-0.1, -0.05) is 28.9 Å². The molecule has 0 atom stereocenters. The number of rotatable bonds is 4. The van der Waals surface area contributed by atoms with Crippen LogP contribution in [-0.4, -0.2) is 49.0 Å². The molecule has 136 valence electrons. The van der Waals surface area contributed by atoms with Crippen molar-refractivity contribution in [3.63, 3.8) is 0 Å². The second-order valence-electron chi connectivity index (χ2n) is 6.76. The number of sulfonamides is 1. The quantitative estimate of drug-likeness (QED) is 0.835. The van der Waals surface area contributed by atoms with Crippen LogP contribution < -0.4 is 0 Å². The predicted octanol–water partition coefficient (Wildman–Crippen LogP) is 2.41. The molecule has 0 radical (unpaired) electrons. The Balaban J connectivity index is 1.69. The fourth-order valence-corrected chi connectivity index (χ4v) is 5.02. The summed E-state index contributed by atoms with van der Waals surface area (Å²) < 4.78 is 32.3. The second-order valence-corrected chi connectivity index (χ2v) is 8.64. The summed E-state index contributed by atoms with van der Waals surface area (Å²) in [5.41, 5.74) is 4.26. The molecule has 6 nitrogen and oxygen atoms in total. The molecule has 7 heteroatoms. The van der Waals surface area contributed by atoms with Gasteiger partial charge in [0.1, 0.15) is 10.6 Å². The van der Waals surface area contributed by atoms with E-state index in [4.69, 9.17) is 4.52 Å². The van der Waals surface area contributed by atoms with Gasteiger partial charge >= 0.3 is 0 Å². The average Bonchev–Trinajstić information content (AvgIpc) is 2.91. The highest BCUT2D eigenvalue weighted by atomic mass is 32.2. The van der Waals surface area contributed by atoms with Crippen LogP contribution in [0.4, 0.5) is 0 Å². The summed E-state index contributed by atoms with van der Waals surface area (Å²) in [6.07, 6.45) is 0. The van der Waals surface area contributed by atoms with Crippen molar-refractivity contribution in [2.45, 2.75) is 39.1 Å². The zero-order valence-electron chi connectivity index (χ0n) is 15.2. The van der Waals surface area contributed by atoms with Gasteiger partial charge in [-0.3, -0.25) is 4.90 Å². The first-order valence-corrected chi connectivity index (χ1v) is 9.94. The second kappa shape index (κ2) is 6.90. The predicted molar refractivity (Wildman–Crippen MR) is 95.9 cm³/mol. The van der Waals surface area contributed by atoms with E-state index in [9.17, 15) is 8.42 Å². The van der Waals surface area contributed by atoms with Gasteiger partial charge in [-0.15, -0.1) is 0 Å². The maximum atomic E-state index is 12.9. The van der Waals surface area contributed by atoms with Gasteiger partial charge in [0, 0.05) is 32.7 Å². The Morgan fingerprint density at radius 1 is 1.08 bits per heavy atom. The van der Waals surface area contributed by atoms with Gasteiger partial charge in [0.05, 0.1) is 0 Å². The zero-order chi connectivity index (χ0) is 18.2. The van der Waals surface area contributed by atoms with E-state index in [0.717, 1.165) is 19.6 Å². The molecule has 2 heterocycles. The first-order valence-electron chi connectivity index (χ1n) is 8.50. The van der Waals surface area contributed by atoms with Crippen LogP contribution in [0.25, 0.3) is 0 Å². The lowest BCUT2D eigenvalue weighted by atomic mass is 10.1. The summed E-state index contributed by atoms with van der Waals surface area (Å²) in [4.78, 5) is 2.52. The molecule has 0 saturated carbocycles. The standard InChI is InChI=1S/C18H25N3O3S/c1-13-5-6-14(2)17(11-13)12-20-7-9-21(10-8-20)25(22,23)18-15(3)19-24-16(18)4/h5-6,11H,7-10,12H2,1-4H3. The smallest absolute Gasteiger partial charge is 0.248 e. The van der Waals surface area contributed by atoms with Crippen molar-refractivity contribution in [1.29, 1.82) is 0 Å². The Morgan fingerprint density at radius 3 is 2.36 bits per heavy atom. The molecule has 0 aliphatic carbocycles. The lowest BCUT2D eigenvalue weighted by Crippen LogP contribution is -2.48. The molecular weight excluding hydrogens is 338 g/mol. The van der Waals surface area contributed by atoms with E-state index in [1.165, 1.54) is 16.7 Å². The molecule has 1 fully saturated rings. The van der Waals surface area contributed by atoms with Crippen LogP contribution in [0.1, 0.15) is 28.1 Å². The SMILES string of the molecule is Cc1ccc(C)c(CN2CCN(S(=O)(=O)c3c(C)noc3C)CC2)c1. The van der Waals surface area contributed by atoms with Crippen LogP contribution in [0.2, 0.25) is 0 Å². The molecule has 1 aliphatic heterocycles. The Kier molecular flexibility index (Phi) is 4.99. The van der Waals surface area contributed by atoms with Crippen LogP contribution >= 0.6 is 0 Å². The summed E-state index contributed by atoms with van der Waals surface area (Å²) in [5, 5.41) is 3.77. The van der Waals surface area contributed by atoms with Crippen LogP contribution in [0.5, 0.6) is 0 Å².